The monoisotopic (exact) mass is 273 g/mol. The van der Waals surface area contributed by atoms with Crippen LogP contribution in [0.25, 0.3) is 0 Å². The van der Waals surface area contributed by atoms with E-state index in [1.54, 1.807) is 0 Å². The topological polar surface area (TPSA) is 20.3 Å². The maximum absolute atomic E-state index is 12.8. The molecule has 1 heterocycles. The van der Waals surface area contributed by atoms with Crippen LogP contribution in [0.1, 0.15) is 48.7 Å². The molecular formula is C18H27NO. The molecule has 0 bridgehead atoms. The van der Waals surface area contributed by atoms with Crippen LogP contribution in [0.5, 0.6) is 0 Å². The molecule has 3 atom stereocenters. The average molecular weight is 273 g/mol. The summed E-state index contributed by atoms with van der Waals surface area (Å²) in [5, 5.41) is 0. The normalized spacial score (nSPS) is 25.4. The molecule has 0 N–H and O–H groups in total. The zero-order valence-electron chi connectivity index (χ0n) is 13.4. The van der Waals surface area contributed by atoms with E-state index in [4.69, 9.17) is 0 Å². The highest BCUT2D eigenvalue weighted by atomic mass is 16.1. The second-order valence-corrected chi connectivity index (χ2v) is 6.60. The number of likely N-dealkylation sites (tertiary alicyclic amines) is 1. The van der Waals surface area contributed by atoms with E-state index in [1.807, 2.05) is 19.9 Å². The average Bonchev–Trinajstić information content (AvgIpc) is 2.43. The van der Waals surface area contributed by atoms with Crippen molar-refractivity contribution in [2.24, 2.45) is 11.8 Å². The number of aryl methyl sites for hydroxylation is 2. The highest BCUT2D eigenvalue weighted by molar-refractivity contribution is 6.01. The van der Waals surface area contributed by atoms with Crippen LogP contribution < -0.4 is 0 Å². The fourth-order valence-corrected chi connectivity index (χ4v) is 3.04. The van der Waals surface area contributed by atoms with Gasteiger partial charge in [0.1, 0.15) is 0 Å². The number of nitrogens with zero attached hydrogens (tertiary/aromatic N) is 1. The number of piperidine rings is 1. The number of carbonyl (C=O) groups excluding carboxylic acids is 1. The second-order valence-electron chi connectivity index (χ2n) is 6.60. The standard InChI is InChI=1S/C18H27NO/c1-12-6-7-14(3)17(10-12)18(20)16(5)19-9-8-13(2)15(4)11-19/h6-7,10,13,15-16H,8-9,11H2,1-5H3. The Morgan fingerprint density at radius 1 is 1.25 bits per heavy atom. The van der Waals surface area contributed by atoms with E-state index >= 15 is 0 Å². The van der Waals surface area contributed by atoms with Crippen LogP contribution in [0, 0.1) is 25.7 Å². The minimum atomic E-state index is -0.00884. The Kier molecular flexibility index (Phi) is 4.64. The highest BCUT2D eigenvalue weighted by Gasteiger charge is 2.29. The number of hydrogen-bond donors (Lipinski definition) is 0. The van der Waals surface area contributed by atoms with Crippen molar-refractivity contribution >= 4 is 5.78 Å². The maximum Gasteiger partial charge on any atom is 0.179 e. The van der Waals surface area contributed by atoms with Crippen molar-refractivity contribution in [3.63, 3.8) is 0 Å². The molecular weight excluding hydrogens is 246 g/mol. The Hall–Kier alpha value is -1.15. The van der Waals surface area contributed by atoms with Gasteiger partial charge in [-0.05, 0) is 57.2 Å². The van der Waals surface area contributed by atoms with Crippen LogP contribution in [0.15, 0.2) is 18.2 Å². The summed E-state index contributed by atoms with van der Waals surface area (Å²) < 4.78 is 0. The third-order valence-electron chi connectivity index (χ3n) is 4.95. The molecule has 0 aromatic heterocycles. The van der Waals surface area contributed by atoms with Crippen LogP contribution >= 0.6 is 0 Å². The Morgan fingerprint density at radius 3 is 2.60 bits per heavy atom. The van der Waals surface area contributed by atoms with Crippen molar-refractivity contribution in [2.75, 3.05) is 13.1 Å². The summed E-state index contributed by atoms with van der Waals surface area (Å²) in [6.07, 6.45) is 1.20. The van der Waals surface area contributed by atoms with Gasteiger partial charge in [-0.2, -0.15) is 0 Å². The minimum Gasteiger partial charge on any atom is -0.293 e. The lowest BCUT2D eigenvalue weighted by molar-refractivity contribution is 0.0688. The lowest BCUT2D eigenvalue weighted by atomic mass is 9.87. The van der Waals surface area contributed by atoms with Crippen molar-refractivity contribution in [2.45, 2.75) is 47.1 Å². The third kappa shape index (κ3) is 3.12. The van der Waals surface area contributed by atoms with Crippen LogP contribution in [0.4, 0.5) is 0 Å². The van der Waals surface area contributed by atoms with Gasteiger partial charge in [-0.3, -0.25) is 9.69 Å². The lowest BCUT2D eigenvalue weighted by Gasteiger charge is -2.38. The Balaban J connectivity index is 2.14. The highest BCUT2D eigenvalue weighted by Crippen LogP contribution is 2.25. The summed E-state index contributed by atoms with van der Waals surface area (Å²) in [5.41, 5.74) is 3.14. The quantitative estimate of drug-likeness (QED) is 0.780. The number of rotatable bonds is 3. The van der Waals surface area contributed by atoms with Gasteiger partial charge >= 0.3 is 0 Å². The Morgan fingerprint density at radius 2 is 1.95 bits per heavy atom. The van der Waals surface area contributed by atoms with Crippen molar-refractivity contribution < 1.29 is 4.79 Å². The number of benzene rings is 1. The molecule has 1 saturated heterocycles. The second kappa shape index (κ2) is 6.09. The molecule has 0 spiro atoms. The first kappa shape index (κ1) is 15.2. The molecule has 3 unspecified atom stereocenters. The molecule has 1 aliphatic rings. The zero-order chi connectivity index (χ0) is 14.9. The zero-order valence-corrected chi connectivity index (χ0v) is 13.4. The molecule has 1 aliphatic heterocycles. The largest absolute Gasteiger partial charge is 0.293 e. The van der Waals surface area contributed by atoms with Gasteiger partial charge in [0, 0.05) is 12.1 Å². The molecule has 2 rings (SSSR count). The number of hydrogen-bond acceptors (Lipinski definition) is 2. The van der Waals surface area contributed by atoms with Gasteiger partial charge in [-0.15, -0.1) is 0 Å². The summed E-state index contributed by atoms with van der Waals surface area (Å²) in [6, 6.07) is 6.15. The summed E-state index contributed by atoms with van der Waals surface area (Å²) in [6.45, 7) is 12.8. The molecule has 0 aliphatic carbocycles. The first-order valence-electron chi connectivity index (χ1n) is 7.75. The molecule has 2 nitrogen and oxygen atoms in total. The van der Waals surface area contributed by atoms with Gasteiger partial charge in [-0.25, -0.2) is 0 Å². The predicted octanol–water partition coefficient (Wildman–Crippen LogP) is 3.85. The van der Waals surface area contributed by atoms with Crippen LogP contribution in [-0.2, 0) is 0 Å². The smallest absolute Gasteiger partial charge is 0.179 e. The summed E-state index contributed by atoms with van der Waals surface area (Å²) in [5.74, 6) is 1.72. The van der Waals surface area contributed by atoms with Gasteiger partial charge in [-0.1, -0.05) is 31.5 Å². The lowest BCUT2D eigenvalue weighted by Crippen LogP contribution is -2.46. The number of carbonyl (C=O) groups is 1. The van der Waals surface area contributed by atoms with E-state index in [1.165, 1.54) is 6.42 Å². The maximum atomic E-state index is 12.8. The van der Waals surface area contributed by atoms with Crippen molar-refractivity contribution in [1.29, 1.82) is 0 Å². The Labute approximate surface area is 123 Å². The molecule has 110 valence electrons. The summed E-state index contributed by atoms with van der Waals surface area (Å²) in [7, 11) is 0. The fourth-order valence-electron chi connectivity index (χ4n) is 3.04. The van der Waals surface area contributed by atoms with E-state index in [2.05, 4.69) is 37.8 Å². The van der Waals surface area contributed by atoms with E-state index in [-0.39, 0.29) is 11.8 Å². The van der Waals surface area contributed by atoms with Gasteiger partial charge < -0.3 is 0 Å². The first-order valence-corrected chi connectivity index (χ1v) is 7.75. The van der Waals surface area contributed by atoms with E-state index in [9.17, 15) is 4.79 Å². The van der Waals surface area contributed by atoms with Crippen LogP contribution in [-0.4, -0.2) is 29.8 Å². The fraction of sp³-hybridized carbons (Fsp3) is 0.611. The van der Waals surface area contributed by atoms with Crippen LogP contribution in [0.3, 0.4) is 0 Å². The van der Waals surface area contributed by atoms with E-state index < -0.39 is 0 Å². The van der Waals surface area contributed by atoms with Gasteiger partial charge in [0.2, 0.25) is 0 Å². The summed E-state index contributed by atoms with van der Waals surface area (Å²) in [4.78, 5) is 15.1. The van der Waals surface area contributed by atoms with Crippen molar-refractivity contribution in [3.8, 4) is 0 Å². The van der Waals surface area contributed by atoms with Gasteiger partial charge in [0.25, 0.3) is 0 Å². The molecule has 1 fully saturated rings. The molecule has 1 aromatic carbocycles. The molecule has 2 heteroatoms. The number of ketones is 1. The molecule has 20 heavy (non-hydrogen) atoms. The van der Waals surface area contributed by atoms with E-state index in [0.717, 1.165) is 35.7 Å². The molecule has 1 aromatic rings. The first-order chi connectivity index (χ1) is 9.40. The Bertz CT molecular complexity index is 494. The number of Topliss-reactive ketones (excluding diaryl/α,β-unsaturated/α-hetero) is 1. The van der Waals surface area contributed by atoms with Gasteiger partial charge in [0.05, 0.1) is 6.04 Å². The van der Waals surface area contributed by atoms with Crippen molar-refractivity contribution in [3.05, 3.63) is 34.9 Å². The van der Waals surface area contributed by atoms with Crippen LogP contribution in [0.2, 0.25) is 0 Å². The molecule has 0 amide bonds. The summed E-state index contributed by atoms with van der Waals surface area (Å²) >= 11 is 0. The van der Waals surface area contributed by atoms with Crippen molar-refractivity contribution in [1.82, 2.24) is 4.90 Å². The molecule has 0 radical (unpaired) electrons. The SMILES string of the molecule is Cc1ccc(C)c(C(=O)C(C)N2CCC(C)C(C)C2)c1. The van der Waals surface area contributed by atoms with Gasteiger partial charge in [0.15, 0.2) is 5.78 Å². The third-order valence-corrected chi connectivity index (χ3v) is 4.95. The minimum absolute atomic E-state index is 0.00884. The predicted molar refractivity (Wildman–Crippen MR) is 84.2 cm³/mol. The van der Waals surface area contributed by atoms with E-state index in [0.29, 0.717) is 5.92 Å². The molecule has 0 saturated carbocycles.